The highest BCUT2D eigenvalue weighted by molar-refractivity contribution is 6.31. The van der Waals surface area contributed by atoms with Gasteiger partial charge < -0.3 is 24.7 Å². The molecule has 0 fully saturated rings. The predicted molar refractivity (Wildman–Crippen MR) is 110 cm³/mol. The number of methoxy groups -OCH3 is 1. The standard InChI is InChI=1S/C21H23ClN2O5/c1-27-17-6-4-7-18(11-17)28-13-16(25)12-23-21(26)20-10-15(24-29-20)9-14-5-2-3-8-19(14)22/h2-8,11,16,20,25H,9-10,12-13H2,1H3,(H,23,26). The van der Waals surface area contributed by atoms with Crippen molar-refractivity contribution in [3.63, 3.8) is 0 Å². The summed E-state index contributed by atoms with van der Waals surface area (Å²) < 4.78 is 10.6. The zero-order valence-corrected chi connectivity index (χ0v) is 16.8. The number of hydrogen-bond donors (Lipinski definition) is 2. The maximum atomic E-state index is 12.3. The third-order valence-electron chi connectivity index (χ3n) is 4.37. The van der Waals surface area contributed by atoms with E-state index in [1.165, 1.54) is 0 Å². The molecular weight excluding hydrogens is 396 g/mol. The molecule has 0 aliphatic carbocycles. The summed E-state index contributed by atoms with van der Waals surface area (Å²) in [6, 6.07) is 14.6. The zero-order chi connectivity index (χ0) is 20.6. The van der Waals surface area contributed by atoms with Crippen LogP contribution in [0.5, 0.6) is 11.5 Å². The van der Waals surface area contributed by atoms with Crippen LogP contribution in [0.4, 0.5) is 0 Å². The van der Waals surface area contributed by atoms with Gasteiger partial charge in [-0.3, -0.25) is 4.79 Å². The van der Waals surface area contributed by atoms with Crippen LogP contribution in [0.15, 0.2) is 53.7 Å². The van der Waals surface area contributed by atoms with Crippen LogP contribution in [0.25, 0.3) is 0 Å². The predicted octanol–water partition coefficient (Wildman–Crippen LogP) is 2.59. The second kappa shape index (κ2) is 10.1. The number of halogens is 1. The molecule has 8 heteroatoms. The molecule has 2 atom stereocenters. The summed E-state index contributed by atoms with van der Waals surface area (Å²) in [5, 5.41) is 17.4. The number of amides is 1. The fourth-order valence-corrected chi connectivity index (χ4v) is 3.01. The highest BCUT2D eigenvalue weighted by Crippen LogP contribution is 2.20. The van der Waals surface area contributed by atoms with Gasteiger partial charge in [0.05, 0.1) is 12.8 Å². The van der Waals surface area contributed by atoms with E-state index in [4.69, 9.17) is 25.9 Å². The Bertz CT molecular complexity index is 874. The van der Waals surface area contributed by atoms with Crippen LogP contribution in [-0.2, 0) is 16.1 Å². The van der Waals surface area contributed by atoms with Crippen LogP contribution in [0.1, 0.15) is 12.0 Å². The Balaban J connectivity index is 1.39. The molecule has 1 aliphatic heterocycles. The Morgan fingerprint density at radius 1 is 1.31 bits per heavy atom. The molecule has 1 heterocycles. The molecule has 2 N–H and O–H groups in total. The number of nitrogens with one attached hydrogen (secondary N) is 1. The van der Waals surface area contributed by atoms with E-state index in [9.17, 15) is 9.90 Å². The number of aliphatic hydroxyl groups excluding tert-OH is 1. The zero-order valence-electron chi connectivity index (χ0n) is 16.0. The van der Waals surface area contributed by atoms with E-state index in [1.807, 2.05) is 24.3 Å². The highest BCUT2D eigenvalue weighted by atomic mass is 35.5. The number of aliphatic hydroxyl groups is 1. The minimum absolute atomic E-state index is 0.0349. The molecule has 0 bridgehead atoms. The number of nitrogens with zero attached hydrogens (tertiary/aromatic N) is 1. The molecule has 2 unspecified atom stereocenters. The first kappa shape index (κ1) is 21.0. The molecule has 0 aromatic heterocycles. The van der Waals surface area contributed by atoms with Gasteiger partial charge in [-0.1, -0.05) is 41.0 Å². The van der Waals surface area contributed by atoms with E-state index >= 15 is 0 Å². The number of carbonyl (C=O) groups is 1. The number of carbonyl (C=O) groups excluding carboxylic acids is 1. The SMILES string of the molecule is COc1cccc(OCC(O)CNC(=O)C2CC(Cc3ccccc3Cl)=NO2)c1. The normalized spacial score (nSPS) is 16.5. The lowest BCUT2D eigenvalue weighted by atomic mass is 10.0. The topological polar surface area (TPSA) is 89.4 Å². The van der Waals surface area contributed by atoms with Crippen molar-refractivity contribution in [3.8, 4) is 11.5 Å². The van der Waals surface area contributed by atoms with Gasteiger partial charge in [-0.2, -0.15) is 0 Å². The van der Waals surface area contributed by atoms with Gasteiger partial charge in [0.15, 0.2) is 0 Å². The minimum atomic E-state index is -0.866. The van der Waals surface area contributed by atoms with Gasteiger partial charge in [-0.05, 0) is 23.8 Å². The quantitative estimate of drug-likeness (QED) is 0.653. The monoisotopic (exact) mass is 418 g/mol. The van der Waals surface area contributed by atoms with Crippen molar-refractivity contribution < 1.29 is 24.2 Å². The van der Waals surface area contributed by atoms with Crippen LogP contribution in [0, 0.1) is 0 Å². The Hall–Kier alpha value is -2.77. The van der Waals surface area contributed by atoms with Crippen molar-refractivity contribution in [2.24, 2.45) is 5.16 Å². The molecule has 0 saturated heterocycles. The summed E-state index contributed by atoms with van der Waals surface area (Å²) in [5.41, 5.74) is 1.68. The third kappa shape index (κ3) is 6.10. The van der Waals surface area contributed by atoms with E-state index < -0.39 is 12.2 Å². The Kier molecular flexibility index (Phi) is 7.32. The third-order valence-corrected chi connectivity index (χ3v) is 4.74. The first-order valence-corrected chi connectivity index (χ1v) is 9.60. The van der Waals surface area contributed by atoms with Crippen molar-refractivity contribution in [2.45, 2.75) is 25.0 Å². The molecular formula is C21H23ClN2O5. The molecule has 0 spiro atoms. The molecule has 2 aromatic carbocycles. The second-order valence-electron chi connectivity index (χ2n) is 6.61. The summed E-state index contributed by atoms with van der Waals surface area (Å²) in [7, 11) is 1.57. The number of benzene rings is 2. The smallest absolute Gasteiger partial charge is 0.264 e. The number of hydrogen-bond acceptors (Lipinski definition) is 6. The van der Waals surface area contributed by atoms with Crippen molar-refractivity contribution in [3.05, 3.63) is 59.1 Å². The number of oxime groups is 1. The van der Waals surface area contributed by atoms with E-state index in [2.05, 4.69) is 10.5 Å². The molecule has 0 saturated carbocycles. The number of rotatable bonds is 9. The van der Waals surface area contributed by atoms with Gasteiger partial charge >= 0.3 is 0 Å². The summed E-state index contributed by atoms with van der Waals surface area (Å²) in [6.45, 7) is 0.0791. The molecule has 2 aromatic rings. The summed E-state index contributed by atoms with van der Waals surface area (Å²) >= 11 is 6.16. The Morgan fingerprint density at radius 2 is 2.10 bits per heavy atom. The lowest BCUT2D eigenvalue weighted by Crippen LogP contribution is -2.40. The molecule has 3 rings (SSSR count). The van der Waals surface area contributed by atoms with Crippen molar-refractivity contribution in [1.82, 2.24) is 5.32 Å². The van der Waals surface area contributed by atoms with Gasteiger partial charge in [0.2, 0.25) is 6.10 Å². The van der Waals surface area contributed by atoms with Crippen LogP contribution < -0.4 is 14.8 Å². The average Bonchev–Trinajstić information content (AvgIpc) is 3.21. The minimum Gasteiger partial charge on any atom is -0.497 e. The Morgan fingerprint density at radius 3 is 2.90 bits per heavy atom. The molecule has 0 radical (unpaired) electrons. The van der Waals surface area contributed by atoms with Gasteiger partial charge in [-0.25, -0.2) is 0 Å². The van der Waals surface area contributed by atoms with Crippen molar-refractivity contribution in [2.75, 3.05) is 20.3 Å². The largest absolute Gasteiger partial charge is 0.497 e. The van der Waals surface area contributed by atoms with Gasteiger partial charge in [-0.15, -0.1) is 0 Å². The maximum absolute atomic E-state index is 12.3. The lowest BCUT2D eigenvalue weighted by Gasteiger charge is -2.15. The highest BCUT2D eigenvalue weighted by Gasteiger charge is 2.28. The molecule has 7 nitrogen and oxygen atoms in total. The van der Waals surface area contributed by atoms with E-state index in [0.717, 1.165) is 11.3 Å². The molecule has 1 amide bonds. The Labute approximate surface area is 174 Å². The van der Waals surface area contributed by atoms with Crippen LogP contribution >= 0.6 is 11.6 Å². The van der Waals surface area contributed by atoms with Crippen molar-refractivity contribution >= 4 is 23.2 Å². The van der Waals surface area contributed by atoms with Gasteiger partial charge in [0.1, 0.15) is 24.2 Å². The fourth-order valence-electron chi connectivity index (χ4n) is 2.81. The van der Waals surface area contributed by atoms with E-state index in [0.29, 0.717) is 29.4 Å². The van der Waals surface area contributed by atoms with E-state index in [1.54, 1.807) is 31.4 Å². The van der Waals surface area contributed by atoms with Crippen LogP contribution in [0.2, 0.25) is 5.02 Å². The first-order valence-electron chi connectivity index (χ1n) is 9.22. The summed E-state index contributed by atoms with van der Waals surface area (Å²) in [5.74, 6) is 0.908. The summed E-state index contributed by atoms with van der Waals surface area (Å²) in [4.78, 5) is 17.5. The fraction of sp³-hybridized carbons (Fsp3) is 0.333. The lowest BCUT2D eigenvalue weighted by molar-refractivity contribution is -0.131. The van der Waals surface area contributed by atoms with Gasteiger partial charge in [0, 0.05) is 30.5 Å². The van der Waals surface area contributed by atoms with Crippen LogP contribution in [-0.4, -0.2) is 49.2 Å². The molecule has 154 valence electrons. The van der Waals surface area contributed by atoms with Crippen molar-refractivity contribution in [1.29, 1.82) is 0 Å². The van der Waals surface area contributed by atoms with Gasteiger partial charge in [0.25, 0.3) is 5.91 Å². The first-order chi connectivity index (χ1) is 14.0. The molecule has 29 heavy (non-hydrogen) atoms. The summed E-state index contributed by atoms with van der Waals surface area (Å²) in [6.07, 6.45) is -0.664. The molecule has 1 aliphatic rings. The second-order valence-corrected chi connectivity index (χ2v) is 7.02. The average molecular weight is 419 g/mol. The number of ether oxygens (including phenoxy) is 2. The maximum Gasteiger partial charge on any atom is 0.264 e. The van der Waals surface area contributed by atoms with Crippen LogP contribution in [0.3, 0.4) is 0 Å². The van der Waals surface area contributed by atoms with E-state index in [-0.39, 0.29) is 19.1 Å².